The van der Waals surface area contributed by atoms with Crippen LogP contribution in [0.5, 0.6) is 0 Å². The van der Waals surface area contributed by atoms with Gasteiger partial charge in [-0.15, -0.1) is 0 Å². The molecule has 6 nitrogen and oxygen atoms in total. The van der Waals surface area contributed by atoms with E-state index in [1.165, 1.54) is 28.0 Å². The molecule has 0 radical (unpaired) electrons. The molecule has 1 aliphatic heterocycles. The van der Waals surface area contributed by atoms with E-state index in [1.54, 1.807) is 0 Å². The molecule has 1 fully saturated rings. The number of sulfonamides is 1. The molecule has 0 bridgehead atoms. The molecule has 0 aromatic heterocycles. The zero-order chi connectivity index (χ0) is 21.0. The fourth-order valence-electron chi connectivity index (χ4n) is 3.76. The van der Waals surface area contributed by atoms with Crippen LogP contribution in [-0.2, 0) is 10.0 Å². The van der Waals surface area contributed by atoms with Crippen LogP contribution in [0.2, 0.25) is 0 Å². The lowest BCUT2D eigenvalue weighted by Gasteiger charge is -2.33. The molecule has 29 heavy (non-hydrogen) atoms. The summed E-state index contributed by atoms with van der Waals surface area (Å²) in [6.07, 6.45) is 0. The number of anilines is 1. The standard InChI is InChI=1S/C21H29FN4O2S/c1-24(2)19-9-7-17(8-10-19)21(26-13-11-25(3)12-14-26)16-23-29(27,28)20-6-4-5-18(22)15-20/h4-10,15,21,23H,11-14,16H2,1-3H3/p+2/t21-/m1/s1. The van der Waals surface area contributed by atoms with Crippen LogP contribution in [0.3, 0.4) is 0 Å². The summed E-state index contributed by atoms with van der Waals surface area (Å²) in [4.78, 5) is 4.86. The molecule has 3 N–H and O–H groups in total. The van der Waals surface area contributed by atoms with Crippen molar-refractivity contribution in [2.24, 2.45) is 0 Å². The van der Waals surface area contributed by atoms with E-state index in [1.807, 2.05) is 19.0 Å². The molecule has 2 aromatic rings. The first kappa shape index (κ1) is 21.7. The second kappa shape index (κ2) is 9.21. The van der Waals surface area contributed by atoms with Crippen LogP contribution in [0.15, 0.2) is 53.4 Å². The van der Waals surface area contributed by atoms with Gasteiger partial charge in [0.25, 0.3) is 0 Å². The summed E-state index contributed by atoms with van der Waals surface area (Å²) in [5.41, 5.74) is 2.21. The molecule has 0 saturated carbocycles. The van der Waals surface area contributed by atoms with Crippen molar-refractivity contribution in [2.75, 3.05) is 58.8 Å². The molecular formula is C21H31FN4O2S+2. The highest BCUT2D eigenvalue weighted by Gasteiger charge is 2.30. The molecule has 3 rings (SSSR count). The van der Waals surface area contributed by atoms with E-state index in [0.29, 0.717) is 0 Å². The highest BCUT2D eigenvalue weighted by molar-refractivity contribution is 7.89. The van der Waals surface area contributed by atoms with Gasteiger partial charge in [-0.1, -0.05) is 18.2 Å². The highest BCUT2D eigenvalue weighted by Crippen LogP contribution is 2.17. The average molecular weight is 423 g/mol. The van der Waals surface area contributed by atoms with Crippen molar-refractivity contribution < 1.29 is 22.6 Å². The number of piperazine rings is 1. The van der Waals surface area contributed by atoms with Gasteiger partial charge >= 0.3 is 0 Å². The fourth-order valence-corrected chi connectivity index (χ4v) is 4.84. The van der Waals surface area contributed by atoms with Crippen LogP contribution >= 0.6 is 0 Å². The third-order valence-corrected chi connectivity index (χ3v) is 7.06. The van der Waals surface area contributed by atoms with Crippen LogP contribution in [-0.4, -0.2) is 62.3 Å². The zero-order valence-corrected chi connectivity index (χ0v) is 18.1. The quantitative estimate of drug-likeness (QED) is 0.555. The second-order valence-electron chi connectivity index (χ2n) is 7.96. The number of quaternary nitrogens is 2. The smallest absolute Gasteiger partial charge is 0.240 e. The predicted octanol–water partition coefficient (Wildman–Crippen LogP) is -0.675. The van der Waals surface area contributed by atoms with E-state index >= 15 is 0 Å². The van der Waals surface area contributed by atoms with Crippen LogP contribution in [0, 0.1) is 5.82 Å². The monoisotopic (exact) mass is 422 g/mol. The van der Waals surface area contributed by atoms with Gasteiger partial charge in [0.2, 0.25) is 10.0 Å². The molecule has 8 heteroatoms. The summed E-state index contributed by atoms with van der Waals surface area (Å²) >= 11 is 0. The van der Waals surface area contributed by atoms with Gasteiger partial charge in [0.1, 0.15) is 38.0 Å². The zero-order valence-electron chi connectivity index (χ0n) is 17.3. The number of likely N-dealkylation sites (N-methyl/N-ethyl adjacent to an activating group) is 1. The summed E-state index contributed by atoms with van der Waals surface area (Å²) in [6.45, 7) is 4.34. The van der Waals surface area contributed by atoms with E-state index in [9.17, 15) is 12.8 Å². The highest BCUT2D eigenvalue weighted by atomic mass is 32.2. The summed E-state index contributed by atoms with van der Waals surface area (Å²) < 4.78 is 41.6. The van der Waals surface area contributed by atoms with Crippen LogP contribution < -0.4 is 19.4 Å². The molecule has 0 aliphatic carbocycles. The third-order valence-electron chi connectivity index (χ3n) is 5.63. The minimum absolute atomic E-state index is 0.00245. The van der Waals surface area contributed by atoms with Crippen LogP contribution in [0.1, 0.15) is 11.6 Å². The maximum atomic E-state index is 13.5. The van der Waals surface area contributed by atoms with Crippen molar-refractivity contribution in [3.8, 4) is 0 Å². The number of hydrogen-bond acceptors (Lipinski definition) is 3. The maximum Gasteiger partial charge on any atom is 0.240 e. The first-order chi connectivity index (χ1) is 13.8. The Morgan fingerprint density at radius 3 is 2.31 bits per heavy atom. The van der Waals surface area contributed by atoms with Crippen molar-refractivity contribution in [1.82, 2.24) is 4.72 Å². The molecule has 1 saturated heterocycles. The molecule has 0 spiro atoms. The number of halogens is 1. The molecule has 1 atom stereocenters. The number of benzene rings is 2. The van der Waals surface area contributed by atoms with E-state index < -0.39 is 15.8 Å². The van der Waals surface area contributed by atoms with E-state index in [4.69, 9.17) is 0 Å². The molecule has 0 amide bonds. The lowest BCUT2D eigenvalue weighted by atomic mass is 10.0. The van der Waals surface area contributed by atoms with Gasteiger partial charge in [0, 0.05) is 25.3 Å². The van der Waals surface area contributed by atoms with Gasteiger partial charge in [0.15, 0.2) is 0 Å². The van der Waals surface area contributed by atoms with Crippen LogP contribution in [0.4, 0.5) is 10.1 Å². The van der Waals surface area contributed by atoms with Gasteiger partial charge < -0.3 is 14.7 Å². The lowest BCUT2D eigenvalue weighted by Crippen LogP contribution is -3.27. The first-order valence-corrected chi connectivity index (χ1v) is 11.4. The maximum absolute atomic E-state index is 13.5. The van der Waals surface area contributed by atoms with E-state index in [2.05, 4.69) is 36.0 Å². The summed E-state index contributed by atoms with van der Waals surface area (Å²) in [6, 6.07) is 13.4. The minimum atomic E-state index is -3.77. The molecule has 1 heterocycles. The normalized spacial score (nSPS) is 21.0. The van der Waals surface area contributed by atoms with Gasteiger partial charge in [-0.25, -0.2) is 17.5 Å². The Hall–Kier alpha value is -2.00. The predicted molar refractivity (Wildman–Crippen MR) is 112 cm³/mol. The van der Waals surface area contributed by atoms with Gasteiger partial charge in [-0.05, 0) is 30.3 Å². The van der Waals surface area contributed by atoms with Crippen molar-refractivity contribution in [1.29, 1.82) is 0 Å². The Morgan fingerprint density at radius 1 is 1.07 bits per heavy atom. The third kappa shape index (κ3) is 5.54. The van der Waals surface area contributed by atoms with Crippen molar-refractivity contribution >= 4 is 15.7 Å². The SMILES string of the molecule is CN(C)c1ccc([C@@H](CNS(=O)(=O)c2cccc(F)c2)[NH+]2CC[NH+](C)CC2)cc1. The average Bonchev–Trinajstić information content (AvgIpc) is 2.70. The van der Waals surface area contributed by atoms with Gasteiger partial charge in [0.05, 0.1) is 18.5 Å². The van der Waals surface area contributed by atoms with E-state index in [0.717, 1.165) is 43.5 Å². The fraction of sp³-hybridized carbons (Fsp3) is 0.429. The first-order valence-electron chi connectivity index (χ1n) is 9.94. The van der Waals surface area contributed by atoms with Crippen molar-refractivity contribution in [3.05, 3.63) is 59.9 Å². The topological polar surface area (TPSA) is 58.3 Å². The van der Waals surface area contributed by atoms with Crippen molar-refractivity contribution in [2.45, 2.75) is 10.9 Å². The molecule has 2 aromatic carbocycles. The Bertz CT molecular complexity index is 911. The van der Waals surface area contributed by atoms with Crippen LogP contribution in [0.25, 0.3) is 0 Å². The Kier molecular flexibility index (Phi) is 6.89. The largest absolute Gasteiger partial charge is 0.378 e. The number of nitrogens with zero attached hydrogens (tertiary/aromatic N) is 1. The van der Waals surface area contributed by atoms with Crippen molar-refractivity contribution in [3.63, 3.8) is 0 Å². The molecular weight excluding hydrogens is 391 g/mol. The Morgan fingerprint density at radius 2 is 1.72 bits per heavy atom. The second-order valence-corrected chi connectivity index (χ2v) is 9.73. The van der Waals surface area contributed by atoms with Gasteiger partial charge in [-0.3, -0.25) is 0 Å². The molecule has 0 unspecified atom stereocenters. The summed E-state index contributed by atoms with van der Waals surface area (Å²) in [5.74, 6) is -0.559. The summed E-state index contributed by atoms with van der Waals surface area (Å²) in [5, 5.41) is 0. The Labute approximate surface area is 173 Å². The number of hydrogen-bond donors (Lipinski definition) is 3. The number of rotatable bonds is 7. The minimum Gasteiger partial charge on any atom is -0.378 e. The van der Waals surface area contributed by atoms with E-state index in [-0.39, 0.29) is 17.5 Å². The van der Waals surface area contributed by atoms with Gasteiger partial charge in [-0.2, -0.15) is 0 Å². The summed E-state index contributed by atoms with van der Waals surface area (Å²) in [7, 11) is 2.40. The molecule has 1 aliphatic rings. The molecule has 158 valence electrons. The lowest BCUT2D eigenvalue weighted by molar-refractivity contribution is -1.02. The Balaban J connectivity index is 1.81. The number of nitrogens with one attached hydrogen (secondary N) is 3.